The Bertz CT molecular complexity index is 507. The number of nitrogens with zero attached hydrogens (tertiary/aromatic N) is 4. The van der Waals surface area contributed by atoms with Crippen LogP contribution in [0.5, 0.6) is 0 Å². The molecule has 0 aromatic carbocycles. The Morgan fingerprint density at radius 1 is 1.05 bits per heavy atom. The van der Waals surface area contributed by atoms with Gasteiger partial charge in [-0.05, 0) is 52.7 Å². The van der Waals surface area contributed by atoms with Gasteiger partial charge in [0, 0.05) is 12.1 Å². The number of hydrazine groups is 1. The topological polar surface area (TPSA) is 66.0 Å². The summed E-state index contributed by atoms with van der Waals surface area (Å²) in [4.78, 5) is 13.7. The van der Waals surface area contributed by atoms with E-state index < -0.39 is 0 Å². The highest BCUT2D eigenvalue weighted by Gasteiger charge is 2.32. The average Bonchev–Trinajstić information content (AvgIpc) is 3.29. The summed E-state index contributed by atoms with van der Waals surface area (Å²) in [5.74, 6) is 1.40. The third kappa shape index (κ3) is 3.97. The second kappa shape index (κ2) is 5.61. The molecule has 0 unspecified atom stereocenters. The van der Waals surface area contributed by atoms with Crippen LogP contribution in [0.2, 0.25) is 0 Å². The van der Waals surface area contributed by atoms with Gasteiger partial charge in [-0.3, -0.25) is 5.01 Å². The molecule has 7 heteroatoms. The van der Waals surface area contributed by atoms with E-state index in [0.29, 0.717) is 24.0 Å². The quantitative estimate of drug-likeness (QED) is 0.618. The zero-order valence-corrected chi connectivity index (χ0v) is 14.0. The van der Waals surface area contributed by atoms with E-state index >= 15 is 0 Å². The van der Waals surface area contributed by atoms with Crippen LogP contribution in [0, 0.1) is 0 Å². The van der Waals surface area contributed by atoms with Crippen LogP contribution >= 0.6 is 11.8 Å². The fourth-order valence-electron chi connectivity index (χ4n) is 1.96. The van der Waals surface area contributed by atoms with Crippen LogP contribution in [-0.4, -0.2) is 38.8 Å². The van der Waals surface area contributed by atoms with E-state index in [4.69, 9.17) is 0 Å². The van der Waals surface area contributed by atoms with E-state index in [1.165, 1.54) is 25.7 Å². The van der Waals surface area contributed by atoms with Gasteiger partial charge in [0.05, 0.1) is 5.54 Å². The molecule has 0 spiro atoms. The summed E-state index contributed by atoms with van der Waals surface area (Å²) in [6, 6.07) is 1.09. The lowest BCUT2D eigenvalue weighted by molar-refractivity contribution is 0.424. The van der Waals surface area contributed by atoms with Gasteiger partial charge >= 0.3 is 0 Å². The minimum absolute atomic E-state index is 0.0868. The first kappa shape index (κ1) is 14.8. The predicted octanol–water partition coefficient (Wildman–Crippen LogP) is 2.44. The normalized spacial score (nSPS) is 18.7. The molecule has 116 valence electrons. The molecule has 2 fully saturated rings. The van der Waals surface area contributed by atoms with Crippen molar-refractivity contribution in [2.24, 2.45) is 0 Å². The SMILES string of the molecule is CSc1nc(NC2CC2)nc(N(NC2CC2)C(C)(C)C)n1. The Hall–Kier alpha value is -1.08. The maximum atomic E-state index is 4.63. The molecular weight excluding hydrogens is 284 g/mol. The lowest BCUT2D eigenvalue weighted by atomic mass is 10.1. The van der Waals surface area contributed by atoms with E-state index in [2.05, 4.69) is 51.5 Å². The fraction of sp³-hybridized carbons (Fsp3) is 0.786. The smallest absolute Gasteiger partial charge is 0.246 e. The minimum Gasteiger partial charge on any atom is -0.351 e. The van der Waals surface area contributed by atoms with Gasteiger partial charge in [0.25, 0.3) is 0 Å². The first-order valence-corrected chi connectivity index (χ1v) is 8.81. The molecule has 2 saturated carbocycles. The first-order valence-electron chi connectivity index (χ1n) is 7.59. The summed E-state index contributed by atoms with van der Waals surface area (Å²) in [5.41, 5.74) is 3.45. The molecule has 1 aromatic heterocycles. The number of hydrogen-bond donors (Lipinski definition) is 2. The molecule has 1 heterocycles. The van der Waals surface area contributed by atoms with Crippen LogP contribution in [-0.2, 0) is 0 Å². The molecule has 0 radical (unpaired) electrons. The lowest BCUT2D eigenvalue weighted by Gasteiger charge is -2.36. The van der Waals surface area contributed by atoms with Crippen molar-refractivity contribution >= 4 is 23.7 Å². The van der Waals surface area contributed by atoms with Crippen LogP contribution in [0.15, 0.2) is 5.16 Å². The molecule has 2 N–H and O–H groups in total. The Balaban J connectivity index is 1.88. The number of thioether (sulfide) groups is 1. The van der Waals surface area contributed by atoms with E-state index in [9.17, 15) is 0 Å². The molecule has 2 aliphatic carbocycles. The number of hydrogen-bond acceptors (Lipinski definition) is 7. The van der Waals surface area contributed by atoms with Gasteiger partial charge in [-0.15, -0.1) is 0 Å². The zero-order valence-electron chi connectivity index (χ0n) is 13.2. The second-order valence-electron chi connectivity index (χ2n) is 6.77. The largest absolute Gasteiger partial charge is 0.351 e. The molecule has 2 aliphatic rings. The van der Waals surface area contributed by atoms with Gasteiger partial charge in [0.15, 0.2) is 5.16 Å². The maximum Gasteiger partial charge on any atom is 0.246 e. The van der Waals surface area contributed by atoms with Crippen LogP contribution in [0.3, 0.4) is 0 Å². The van der Waals surface area contributed by atoms with Gasteiger partial charge in [-0.25, -0.2) is 5.43 Å². The molecule has 6 nitrogen and oxygen atoms in total. The lowest BCUT2D eigenvalue weighted by Crippen LogP contribution is -2.52. The first-order chi connectivity index (χ1) is 9.95. The Morgan fingerprint density at radius 2 is 1.71 bits per heavy atom. The number of anilines is 2. The molecule has 3 rings (SSSR count). The molecule has 0 atom stereocenters. The van der Waals surface area contributed by atoms with Gasteiger partial charge in [0.1, 0.15) is 0 Å². The summed E-state index contributed by atoms with van der Waals surface area (Å²) in [6.07, 6.45) is 6.86. The van der Waals surface area contributed by atoms with Crippen molar-refractivity contribution in [1.82, 2.24) is 20.4 Å². The van der Waals surface area contributed by atoms with E-state index in [0.717, 1.165) is 5.16 Å². The highest BCUT2D eigenvalue weighted by molar-refractivity contribution is 7.98. The van der Waals surface area contributed by atoms with Gasteiger partial charge in [0.2, 0.25) is 11.9 Å². The Kier molecular flexibility index (Phi) is 3.96. The monoisotopic (exact) mass is 308 g/mol. The van der Waals surface area contributed by atoms with Crippen molar-refractivity contribution in [2.75, 3.05) is 16.6 Å². The van der Waals surface area contributed by atoms with Crippen molar-refractivity contribution in [3.63, 3.8) is 0 Å². The van der Waals surface area contributed by atoms with Crippen LogP contribution < -0.4 is 15.8 Å². The molecule has 21 heavy (non-hydrogen) atoms. The fourth-order valence-corrected chi connectivity index (χ4v) is 2.31. The third-order valence-corrected chi connectivity index (χ3v) is 4.00. The molecule has 0 saturated heterocycles. The van der Waals surface area contributed by atoms with Crippen molar-refractivity contribution in [3.05, 3.63) is 0 Å². The molecule has 1 aromatic rings. The Labute approximate surface area is 130 Å². The van der Waals surface area contributed by atoms with Gasteiger partial charge in [-0.1, -0.05) is 11.8 Å². The Morgan fingerprint density at radius 3 is 2.24 bits per heavy atom. The highest BCUT2D eigenvalue weighted by atomic mass is 32.2. The van der Waals surface area contributed by atoms with Crippen LogP contribution in [0.4, 0.5) is 11.9 Å². The van der Waals surface area contributed by atoms with Crippen molar-refractivity contribution in [1.29, 1.82) is 0 Å². The summed E-state index contributed by atoms with van der Waals surface area (Å²) in [6.45, 7) is 6.50. The van der Waals surface area contributed by atoms with E-state index in [1.54, 1.807) is 11.8 Å². The van der Waals surface area contributed by atoms with E-state index in [-0.39, 0.29) is 5.54 Å². The van der Waals surface area contributed by atoms with Crippen molar-refractivity contribution < 1.29 is 0 Å². The molecule has 0 aliphatic heterocycles. The number of rotatable bonds is 6. The maximum absolute atomic E-state index is 4.63. The predicted molar refractivity (Wildman–Crippen MR) is 86.6 cm³/mol. The van der Waals surface area contributed by atoms with Gasteiger partial charge in [-0.2, -0.15) is 15.0 Å². The summed E-state index contributed by atoms with van der Waals surface area (Å²) >= 11 is 1.55. The molecule has 0 amide bonds. The summed E-state index contributed by atoms with van der Waals surface area (Å²) in [7, 11) is 0. The minimum atomic E-state index is -0.0868. The number of aromatic nitrogens is 3. The summed E-state index contributed by atoms with van der Waals surface area (Å²) in [5, 5.41) is 6.22. The van der Waals surface area contributed by atoms with Crippen molar-refractivity contribution in [2.45, 2.75) is 69.2 Å². The number of nitrogens with one attached hydrogen (secondary N) is 2. The van der Waals surface area contributed by atoms with E-state index in [1.807, 2.05) is 6.26 Å². The van der Waals surface area contributed by atoms with Gasteiger partial charge < -0.3 is 5.32 Å². The third-order valence-electron chi connectivity index (χ3n) is 3.46. The van der Waals surface area contributed by atoms with Crippen LogP contribution in [0.1, 0.15) is 46.5 Å². The molecular formula is C14H24N6S. The molecule has 0 bridgehead atoms. The average molecular weight is 308 g/mol. The zero-order chi connectivity index (χ0) is 15.0. The second-order valence-corrected chi connectivity index (χ2v) is 7.55. The van der Waals surface area contributed by atoms with Crippen molar-refractivity contribution in [3.8, 4) is 0 Å². The highest BCUT2D eigenvalue weighted by Crippen LogP contribution is 2.28. The summed E-state index contributed by atoms with van der Waals surface area (Å²) < 4.78 is 0. The standard InChI is InChI=1S/C14H24N6S/c1-14(2,3)20(19-10-7-8-10)12-16-11(15-9-5-6-9)17-13(18-12)21-4/h9-10,19H,5-8H2,1-4H3,(H,15,16,17,18). The van der Waals surface area contributed by atoms with Crippen LogP contribution in [0.25, 0.3) is 0 Å².